The second-order valence-electron chi connectivity index (χ2n) is 6.99. The Morgan fingerprint density at radius 2 is 2.00 bits per heavy atom. The van der Waals surface area contributed by atoms with E-state index in [0.717, 1.165) is 18.5 Å². The molecule has 28 heavy (non-hydrogen) atoms. The number of anilines is 1. The molecule has 0 fully saturated rings. The van der Waals surface area contributed by atoms with Crippen molar-refractivity contribution in [1.29, 1.82) is 0 Å². The average Bonchev–Trinajstić information content (AvgIpc) is 3.09. The Morgan fingerprint density at radius 1 is 1.25 bits per heavy atom. The Labute approximate surface area is 167 Å². The number of aryl methyl sites for hydroxylation is 1. The smallest absolute Gasteiger partial charge is 0.240 e. The van der Waals surface area contributed by atoms with E-state index in [1.165, 1.54) is 18.2 Å². The number of hydrogen-bond donors (Lipinski definition) is 2. The fourth-order valence-electron chi connectivity index (χ4n) is 3.48. The van der Waals surface area contributed by atoms with E-state index in [4.69, 9.17) is 0 Å². The summed E-state index contributed by atoms with van der Waals surface area (Å²) in [7, 11) is 1.61. The van der Waals surface area contributed by atoms with Crippen molar-refractivity contribution >= 4 is 28.1 Å². The summed E-state index contributed by atoms with van der Waals surface area (Å²) in [5, 5.41) is 3.59. The molecule has 148 valence electrons. The van der Waals surface area contributed by atoms with Gasteiger partial charge in [0.1, 0.15) is 0 Å². The molecule has 0 aliphatic heterocycles. The first kappa shape index (κ1) is 20.1. The lowest BCUT2D eigenvalue weighted by atomic mass is 10.1. The number of nitrogens with zero attached hydrogens (tertiary/aromatic N) is 2. The fraction of sp³-hybridized carbons (Fsp3) is 0.286. The third-order valence-electron chi connectivity index (χ3n) is 4.86. The number of nitrogens with one attached hydrogen (secondary N) is 2. The molecular weight excluding hydrogens is 372 g/mol. The van der Waals surface area contributed by atoms with Crippen molar-refractivity contribution in [3.63, 3.8) is 0 Å². The molecule has 0 saturated carbocycles. The van der Waals surface area contributed by atoms with E-state index in [-0.39, 0.29) is 10.9 Å². The summed E-state index contributed by atoms with van der Waals surface area (Å²) in [6.07, 6.45) is 3.84. The summed E-state index contributed by atoms with van der Waals surface area (Å²) < 4.78 is 27.0. The number of rotatable bonds is 7. The van der Waals surface area contributed by atoms with Gasteiger partial charge in [0.2, 0.25) is 10.0 Å². The maximum atomic E-state index is 12.3. The van der Waals surface area contributed by atoms with Crippen LogP contribution in [0.25, 0.3) is 5.70 Å². The molecule has 0 heterocycles. The monoisotopic (exact) mass is 398 g/mol. The predicted molar refractivity (Wildman–Crippen MR) is 115 cm³/mol. The first-order chi connectivity index (χ1) is 13.4. The van der Waals surface area contributed by atoms with Crippen molar-refractivity contribution < 1.29 is 8.42 Å². The van der Waals surface area contributed by atoms with E-state index >= 15 is 0 Å². The molecule has 2 aromatic rings. The summed E-state index contributed by atoms with van der Waals surface area (Å²) in [5.41, 5.74) is 4.76. The van der Waals surface area contributed by atoms with Gasteiger partial charge in [-0.2, -0.15) is 0 Å². The van der Waals surface area contributed by atoms with Crippen molar-refractivity contribution in [3.8, 4) is 0 Å². The van der Waals surface area contributed by atoms with Gasteiger partial charge in [0.05, 0.1) is 16.6 Å². The van der Waals surface area contributed by atoms with Gasteiger partial charge in [-0.1, -0.05) is 24.3 Å². The van der Waals surface area contributed by atoms with Gasteiger partial charge in [-0.05, 0) is 55.9 Å². The van der Waals surface area contributed by atoms with Crippen LogP contribution in [0, 0.1) is 0 Å². The van der Waals surface area contributed by atoms with Crippen LogP contribution in [-0.4, -0.2) is 41.2 Å². The third-order valence-corrected chi connectivity index (χ3v) is 6.27. The fourth-order valence-corrected chi connectivity index (χ4v) is 4.24. The Morgan fingerprint density at radius 3 is 2.68 bits per heavy atom. The first-order valence-electron chi connectivity index (χ1n) is 9.13. The van der Waals surface area contributed by atoms with Gasteiger partial charge < -0.3 is 10.2 Å². The van der Waals surface area contributed by atoms with Crippen molar-refractivity contribution in [2.24, 2.45) is 4.99 Å². The molecule has 1 aliphatic rings. The van der Waals surface area contributed by atoms with E-state index < -0.39 is 10.0 Å². The van der Waals surface area contributed by atoms with Gasteiger partial charge >= 0.3 is 0 Å². The van der Waals surface area contributed by atoms with Crippen LogP contribution in [0.5, 0.6) is 0 Å². The molecule has 0 spiro atoms. The second-order valence-corrected chi connectivity index (χ2v) is 8.87. The normalized spacial score (nSPS) is 16.5. The van der Waals surface area contributed by atoms with Crippen LogP contribution in [0.1, 0.15) is 29.2 Å². The van der Waals surface area contributed by atoms with E-state index in [2.05, 4.69) is 39.9 Å². The lowest BCUT2D eigenvalue weighted by Gasteiger charge is -2.20. The maximum Gasteiger partial charge on any atom is 0.240 e. The zero-order valence-electron chi connectivity index (χ0n) is 16.4. The minimum absolute atomic E-state index is 0.173. The number of sulfonamides is 1. The molecule has 1 atom stereocenters. The second kappa shape index (κ2) is 8.16. The molecular formula is C21H26N4O2S. The number of aliphatic imine (C=N–C) groups is 1. The quantitative estimate of drug-likeness (QED) is 0.702. The van der Waals surface area contributed by atoms with Crippen LogP contribution in [-0.2, 0) is 16.4 Å². The Bertz CT molecular complexity index is 1010. The SMILES string of the molecule is C=N/C(=C\N(C)C)c1cc(S(=O)(=O)NC)ccc1N[C@H]1CCc2ccccc21. The van der Waals surface area contributed by atoms with Crippen LogP contribution in [0.15, 0.2) is 58.6 Å². The molecule has 3 rings (SSSR count). The van der Waals surface area contributed by atoms with Gasteiger partial charge in [-0.15, -0.1) is 0 Å². The van der Waals surface area contributed by atoms with Crippen molar-refractivity contribution in [1.82, 2.24) is 9.62 Å². The minimum Gasteiger partial charge on any atom is -0.382 e. The highest BCUT2D eigenvalue weighted by Gasteiger charge is 2.24. The molecule has 0 saturated heterocycles. The van der Waals surface area contributed by atoms with E-state index in [1.807, 2.05) is 31.3 Å². The van der Waals surface area contributed by atoms with Gasteiger partial charge in [-0.25, -0.2) is 13.1 Å². The Hall–Kier alpha value is -2.64. The lowest BCUT2D eigenvalue weighted by Crippen LogP contribution is -2.19. The first-order valence-corrected chi connectivity index (χ1v) is 10.6. The van der Waals surface area contributed by atoms with Gasteiger partial charge in [-0.3, -0.25) is 4.99 Å². The minimum atomic E-state index is -3.56. The molecule has 1 aliphatic carbocycles. The average molecular weight is 399 g/mol. The number of benzene rings is 2. The molecule has 0 radical (unpaired) electrons. The van der Waals surface area contributed by atoms with Gasteiger partial charge in [0, 0.05) is 31.5 Å². The predicted octanol–water partition coefficient (Wildman–Crippen LogP) is 3.25. The van der Waals surface area contributed by atoms with E-state index in [0.29, 0.717) is 11.3 Å². The highest BCUT2D eigenvalue weighted by atomic mass is 32.2. The maximum absolute atomic E-state index is 12.3. The summed E-state index contributed by atoms with van der Waals surface area (Å²) in [6, 6.07) is 13.6. The molecule has 6 nitrogen and oxygen atoms in total. The van der Waals surface area contributed by atoms with Crippen LogP contribution in [0.3, 0.4) is 0 Å². The molecule has 7 heteroatoms. The Balaban J connectivity index is 2.06. The summed E-state index contributed by atoms with van der Waals surface area (Å²) >= 11 is 0. The summed E-state index contributed by atoms with van der Waals surface area (Å²) in [5.74, 6) is 0. The van der Waals surface area contributed by atoms with Crippen LogP contribution < -0.4 is 10.0 Å². The van der Waals surface area contributed by atoms with E-state index in [1.54, 1.807) is 18.2 Å². The standard InChI is InChI=1S/C21H26N4O2S/c1-22-21(14-25(3)4)18-13-16(28(26,27)23-2)10-12-20(18)24-19-11-9-15-7-5-6-8-17(15)19/h5-8,10,12-14,19,23-24H,1,9,11H2,2-4H3/b21-14-/t19-/m0/s1. The lowest BCUT2D eigenvalue weighted by molar-refractivity contribution is 0.565. The van der Waals surface area contributed by atoms with E-state index in [9.17, 15) is 8.42 Å². The largest absolute Gasteiger partial charge is 0.382 e. The summed E-state index contributed by atoms with van der Waals surface area (Å²) in [6.45, 7) is 3.67. The highest BCUT2D eigenvalue weighted by Crippen LogP contribution is 2.36. The zero-order chi connectivity index (χ0) is 20.3. The molecule has 0 unspecified atom stereocenters. The van der Waals surface area contributed by atoms with Crippen molar-refractivity contribution in [2.45, 2.75) is 23.8 Å². The Kier molecular flexibility index (Phi) is 5.86. The van der Waals surface area contributed by atoms with Crippen molar-refractivity contribution in [3.05, 3.63) is 65.4 Å². The van der Waals surface area contributed by atoms with Gasteiger partial charge in [0.15, 0.2) is 0 Å². The molecule has 0 aromatic heterocycles. The molecule has 0 amide bonds. The van der Waals surface area contributed by atoms with Crippen molar-refractivity contribution in [2.75, 3.05) is 26.5 Å². The topological polar surface area (TPSA) is 73.8 Å². The summed E-state index contributed by atoms with van der Waals surface area (Å²) in [4.78, 5) is 6.19. The van der Waals surface area contributed by atoms with Crippen LogP contribution in [0.4, 0.5) is 5.69 Å². The highest BCUT2D eigenvalue weighted by molar-refractivity contribution is 7.89. The molecule has 2 N–H and O–H groups in total. The zero-order valence-corrected chi connectivity index (χ0v) is 17.3. The molecule has 0 bridgehead atoms. The number of fused-ring (bicyclic) bond motifs is 1. The van der Waals surface area contributed by atoms with Crippen LogP contribution in [0.2, 0.25) is 0 Å². The van der Waals surface area contributed by atoms with Gasteiger partial charge in [0.25, 0.3) is 0 Å². The third kappa shape index (κ3) is 4.10. The molecule has 2 aromatic carbocycles. The van der Waals surface area contributed by atoms with Crippen LogP contribution >= 0.6 is 0 Å². The number of hydrogen-bond acceptors (Lipinski definition) is 5.